The third-order valence-corrected chi connectivity index (χ3v) is 5.81. The third kappa shape index (κ3) is 3.92. The summed E-state index contributed by atoms with van der Waals surface area (Å²) in [5, 5.41) is 0. The van der Waals surface area contributed by atoms with Gasteiger partial charge in [-0.25, -0.2) is 8.42 Å². The van der Waals surface area contributed by atoms with Crippen molar-refractivity contribution in [3.63, 3.8) is 0 Å². The first-order valence-electron chi connectivity index (χ1n) is 9.57. The van der Waals surface area contributed by atoms with Crippen molar-refractivity contribution in [3.05, 3.63) is 101 Å². The summed E-state index contributed by atoms with van der Waals surface area (Å²) in [6.45, 7) is 0.437. The molecule has 30 heavy (non-hydrogen) atoms. The molecule has 0 aliphatic carbocycles. The number of ether oxygens (including phenoxy) is 1. The number of rotatable bonds is 6. The Morgan fingerprint density at radius 3 is 2.13 bits per heavy atom. The molecule has 4 rings (SSSR count). The zero-order chi connectivity index (χ0) is 21.1. The monoisotopic (exact) mass is 419 g/mol. The number of hydrogen-bond donors (Lipinski definition) is 2. The standard InChI is InChI=1S/C24H21NO4S/c25-13-16-5-9-18(10-6-16)23-21(14-26)20-3-1-2-4-22(20)29-24(23)19-11-7-17(8-12-19)15-30(27)28/h1-12,14,21,30H,13,15,25H2. The Hall–Kier alpha value is -3.22. The second-order valence-corrected chi connectivity index (χ2v) is 8.07. The molecular formula is C24H21NO4S. The largest absolute Gasteiger partial charge is 0.456 e. The average molecular weight is 420 g/mol. The number of thiol groups is 1. The van der Waals surface area contributed by atoms with Crippen molar-refractivity contribution in [2.24, 2.45) is 5.73 Å². The van der Waals surface area contributed by atoms with Gasteiger partial charge in [0, 0.05) is 23.2 Å². The van der Waals surface area contributed by atoms with E-state index in [1.807, 2.05) is 60.7 Å². The Morgan fingerprint density at radius 2 is 1.50 bits per heavy atom. The molecule has 1 atom stereocenters. The Labute approximate surface area is 176 Å². The fourth-order valence-electron chi connectivity index (χ4n) is 3.69. The molecule has 1 unspecified atom stereocenters. The predicted molar refractivity (Wildman–Crippen MR) is 117 cm³/mol. The molecule has 3 aromatic rings. The lowest BCUT2D eigenvalue weighted by molar-refractivity contribution is -0.108. The van der Waals surface area contributed by atoms with E-state index in [0.29, 0.717) is 23.6 Å². The highest BCUT2D eigenvalue weighted by molar-refractivity contribution is 7.71. The Balaban J connectivity index is 1.88. The molecule has 6 heteroatoms. The van der Waals surface area contributed by atoms with Gasteiger partial charge in [0.2, 0.25) is 0 Å². The summed E-state index contributed by atoms with van der Waals surface area (Å²) in [4.78, 5) is 12.2. The van der Waals surface area contributed by atoms with E-state index in [1.165, 1.54) is 0 Å². The Bertz CT molecular complexity index is 1170. The van der Waals surface area contributed by atoms with Crippen LogP contribution in [0.3, 0.4) is 0 Å². The van der Waals surface area contributed by atoms with Crippen LogP contribution in [-0.4, -0.2) is 14.7 Å². The van der Waals surface area contributed by atoms with E-state index < -0.39 is 16.6 Å². The minimum atomic E-state index is -2.50. The van der Waals surface area contributed by atoms with Crippen molar-refractivity contribution in [1.29, 1.82) is 0 Å². The molecule has 5 nitrogen and oxygen atoms in total. The van der Waals surface area contributed by atoms with Gasteiger partial charge >= 0.3 is 0 Å². The SMILES string of the molecule is NCc1ccc(C2=C(c3ccc(C[SH](=O)=O)cc3)Oc3ccccc3C2C=O)cc1. The molecule has 1 aliphatic heterocycles. The first kappa shape index (κ1) is 20.1. The molecule has 2 N–H and O–H groups in total. The Kier molecular flexibility index (Phi) is 5.79. The van der Waals surface area contributed by atoms with Crippen LogP contribution in [0.1, 0.15) is 33.7 Å². The van der Waals surface area contributed by atoms with E-state index >= 15 is 0 Å². The zero-order valence-corrected chi connectivity index (χ0v) is 17.0. The summed E-state index contributed by atoms with van der Waals surface area (Å²) in [5.41, 5.74) is 10.7. The van der Waals surface area contributed by atoms with E-state index in [-0.39, 0.29) is 5.75 Å². The highest BCUT2D eigenvalue weighted by Gasteiger charge is 2.31. The smallest absolute Gasteiger partial charge is 0.144 e. The second-order valence-electron chi connectivity index (χ2n) is 7.09. The number of carbonyl (C=O) groups is 1. The summed E-state index contributed by atoms with van der Waals surface area (Å²) in [5.74, 6) is 0.732. The fourth-order valence-corrected chi connectivity index (χ4v) is 4.20. The van der Waals surface area contributed by atoms with Crippen LogP contribution in [0.25, 0.3) is 11.3 Å². The number of fused-ring (bicyclic) bond motifs is 1. The van der Waals surface area contributed by atoms with Crippen LogP contribution in [0.2, 0.25) is 0 Å². The molecule has 1 aliphatic rings. The molecule has 0 aromatic heterocycles. The topological polar surface area (TPSA) is 86.5 Å². The van der Waals surface area contributed by atoms with Gasteiger partial charge in [-0.15, -0.1) is 0 Å². The van der Waals surface area contributed by atoms with Crippen molar-refractivity contribution in [2.45, 2.75) is 18.2 Å². The first-order chi connectivity index (χ1) is 14.6. The summed E-state index contributed by atoms with van der Waals surface area (Å²) in [6, 6.07) is 22.5. The van der Waals surface area contributed by atoms with Crippen molar-refractivity contribution in [3.8, 4) is 5.75 Å². The van der Waals surface area contributed by atoms with Crippen molar-refractivity contribution in [1.82, 2.24) is 0 Å². The number of aldehydes is 1. The molecule has 0 spiro atoms. The summed E-state index contributed by atoms with van der Waals surface area (Å²) >= 11 is 0. The van der Waals surface area contributed by atoms with E-state index in [2.05, 4.69) is 0 Å². The molecule has 0 bridgehead atoms. The summed E-state index contributed by atoms with van der Waals surface area (Å²) in [7, 11) is -2.50. The number of nitrogens with two attached hydrogens (primary N) is 1. The lowest BCUT2D eigenvalue weighted by Gasteiger charge is -2.28. The van der Waals surface area contributed by atoms with Gasteiger partial charge in [0.25, 0.3) is 0 Å². The molecule has 0 amide bonds. The minimum Gasteiger partial charge on any atom is -0.456 e. The number of benzene rings is 3. The maximum absolute atomic E-state index is 12.2. The first-order valence-corrected chi connectivity index (χ1v) is 10.9. The van der Waals surface area contributed by atoms with Crippen LogP contribution >= 0.6 is 0 Å². The van der Waals surface area contributed by atoms with Crippen molar-refractivity contribution < 1.29 is 17.9 Å². The van der Waals surface area contributed by atoms with E-state index in [1.54, 1.807) is 12.1 Å². The van der Waals surface area contributed by atoms with Crippen LogP contribution in [-0.2, 0) is 27.8 Å². The van der Waals surface area contributed by atoms with Gasteiger partial charge in [0.05, 0.1) is 11.7 Å². The van der Waals surface area contributed by atoms with Gasteiger partial charge in [0.15, 0.2) is 0 Å². The number of para-hydroxylation sites is 1. The highest BCUT2D eigenvalue weighted by atomic mass is 32.2. The van der Waals surface area contributed by atoms with Gasteiger partial charge in [-0.3, -0.25) is 0 Å². The van der Waals surface area contributed by atoms with Crippen molar-refractivity contribution in [2.75, 3.05) is 0 Å². The fraction of sp³-hybridized carbons (Fsp3) is 0.125. The molecule has 0 fully saturated rings. The number of hydrogen-bond acceptors (Lipinski definition) is 5. The lowest BCUT2D eigenvalue weighted by Crippen LogP contribution is -2.16. The highest BCUT2D eigenvalue weighted by Crippen LogP contribution is 2.45. The normalized spacial score (nSPS) is 15.6. The molecule has 0 saturated heterocycles. The summed E-state index contributed by atoms with van der Waals surface area (Å²) in [6.07, 6.45) is 0.934. The predicted octanol–water partition coefficient (Wildman–Crippen LogP) is 3.50. The second kappa shape index (κ2) is 8.65. The number of allylic oxidation sites excluding steroid dienone is 1. The lowest BCUT2D eigenvalue weighted by atomic mass is 9.83. The van der Waals surface area contributed by atoms with Crippen LogP contribution in [0.15, 0.2) is 72.8 Å². The molecule has 3 aromatic carbocycles. The van der Waals surface area contributed by atoms with Crippen LogP contribution in [0, 0.1) is 0 Å². The molecule has 1 heterocycles. The maximum atomic E-state index is 12.2. The van der Waals surface area contributed by atoms with Gasteiger partial charge in [-0.05, 0) is 22.8 Å². The zero-order valence-electron chi connectivity index (χ0n) is 16.2. The molecule has 0 radical (unpaired) electrons. The van der Waals surface area contributed by atoms with Crippen LogP contribution in [0.4, 0.5) is 0 Å². The van der Waals surface area contributed by atoms with Gasteiger partial charge in [0.1, 0.15) is 28.5 Å². The number of carbonyl (C=O) groups excluding carboxylic acids is 1. The molecular weight excluding hydrogens is 398 g/mol. The van der Waals surface area contributed by atoms with E-state index in [0.717, 1.165) is 34.1 Å². The van der Waals surface area contributed by atoms with Gasteiger partial charge in [-0.2, -0.15) is 0 Å². The van der Waals surface area contributed by atoms with Gasteiger partial charge < -0.3 is 15.3 Å². The molecule has 0 saturated carbocycles. The van der Waals surface area contributed by atoms with Crippen LogP contribution in [0.5, 0.6) is 5.75 Å². The average Bonchev–Trinajstić information content (AvgIpc) is 2.78. The van der Waals surface area contributed by atoms with Crippen molar-refractivity contribution >= 4 is 28.3 Å². The summed E-state index contributed by atoms with van der Waals surface area (Å²) < 4.78 is 28.3. The minimum absolute atomic E-state index is 0.0112. The van der Waals surface area contributed by atoms with E-state index in [4.69, 9.17) is 10.5 Å². The van der Waals surface area contributed by atoms with E-state index in [9.17, 15) is 13.2 Å². The van der Waals surface area contributed by atoms with Gasteiger partial charge in [-0.1, -0.05) is 66.7 Å². The quantitative estimate of drug-likeness (QED) is 0.472. The third-order valence-electron chi connectivity index (χ3n) is 5.19. The molecule has 152 valence electrons. The maximum Gasteiger partial charge on any atom is 0.144 e. The van der Waals surface area contributed by atoms with Crippen LogP contribution < -0.4 is 10.5 Å². The Morgan fingerprint density at radius 1 is 0.867 bits per heavy atom.